The predicted octanol–water partition coefficient (Wildman–Crippen LogP) is -2.14. The predicted molar refractivity (Wildman–Crippen MR) is 46.2 cm³/mol. The van der Waals surface area contributed by atoms with Crippen LogP contribution in [0.2, 0.25) is 0 Å². The Balaban J connectivity index is -0.000000107. The number of primary amides is 2. The second-order valence-electron chi connectivity index (χ2n) is 1.05. The fraction of sp³-hybridized carbons (Fsp3) is 0.500. The molecule has 7 heteroatoms. The molecule has 0 saturated heterocycles. The molecule has 0 fully saturated rings. The van der Waals surface area contributed by atoms with Crippen molar-refractivity contribution in [1.29, 1.82) is 0 Å². The van der Waals surface area contributed by atoms with Crippen LogP contribution in [-0.2, 0) is 0 Å². The molecule has 0 aliphatic rings. The molecule has 0 aliphatic heterocycles. The van der Waals surface area contributed by atoms with Gasteiger partial charge in [0, 0.05) is 0 Å². The van der Waals surface area contributed by atoms with Crippen molar-refractivity contribution in [2.45, 2.75) is 0 Å². The Bertz CT molecular complexity index is 109. The van der Waals surface area contributed by atoms with E-state index in [9.17, 15) is 9.59 Å². The number of hydrogen-bond donors (Lipinski definition) is 2. The van der Waals surface area contributed by atoms with E-state index in [4.69, 9.17) is 0 Å². The van der Waals surface area contributed by atoms with Gasteiger partial charge in [-0.1, -0.05) is 23.5 Å². The van der Waals surface area contributed by atoms with Gasteiger partial charge in [0.1, 0.15) is 0 Å². The number of carbonyl (C=O) groups is 2. The summed E-state index contributed by atoms with van der Waals surface area (Å²) in [4.78, 5) is 19.1. The van der Waals surface area contributed by atoms with Crippen LogP contribution < -0.4 is 62.9 Å². The van der Waals surface area contributed by atoms with Crippen molar-refractivity contribution in [1.82, 2.24) is 0 Å². The molecule has 0 heterocycles. The maximum Gasteiger partial charge on any atom is 1.00 e. The summed E-state index contributed by atoms with van der Waals surface area (Å²) in [6.45, 7) is 0. The normalized spacial score (nSPS) is 6.73. The van der Waals surface area contributed by atoms with E-state index in [-0.39, 0.29) is 61.9 Å². The first-order valence-electron chi connectivity index (χ1n) is 2.21. The van der Waals surface area contributed by atoms with Crippen LogP contribution in [0.5, 0.6) is 0 Å². The molecule has 0 saturated carbocycles. The van der Waals surface area contributed by atoms with Gasteiger partial charge in [0.15, 0.2) is 0 Å². The Morgan fingerprint density at radius 1 is 1.00 bits per heavy atom. The van der Waals surface area contributed by atoms with Crippen molar-refractivity contribution >= 4 is 34.0 Å². The van der Waals surface area contributed by atoms with Crippen molar-refractivity contribution in [2.24, 2.45) is 11.5 Å². The van der Waals surface area contributed by atoms with Gasteiger partial charge in [-0.2, -0.15) is 0 Å². The summed E-state index contributed by atoms with van der Waals surface area (Å²) in [6.07, 6.45) is 3.28. The zero-order valence-corrected chi connectivity index (χ0v) is 11.5. The van der Waals surface area contributed by atoms with Crippen molar-refractivity contribution in [2.75, 3.05) is 12.5 Å². The van der Waals surface area contributed by atoms with Gasteiger partial charge >= 0.3 is 51.4 Å². The second-order valence-corrected chi connectivity index (χ2v) is 2.67. The quantitative estimate of drug-likeness (QED) is 0.457. The minimum absolute atomic E-state index is 0. The molecule has 0 atom stereocenters. The number of thioether (sulfide) groups is 2. The van der Waals surface area contributed by atoms with Crippen LogP contribution >= 0.6 is 23.5 Å². The van der Waals surface area contributed by atoms with Crippen LogP contribution in [0.4, 0.5) is 9.59 Å². The average Bonchev–Trinajstić information content (AvgIpc) is 1.89. The van der Waals surface area contributed by atoms with Gasteiger partial charge in [0.2, 0.25) is 0 Å². The number of nitrogens with two attached hydrogens (primary N) is 2. The summed E-state index contributed by atoms with van der Waals surface area (Å²) in [6, 6.07) is 0. The average molecular weight is 221 g/mol. The monoisotopic (exact) mass is 221 g/mol. The molecule has 2 amide bonds. The first-order chi connectivity index (χ1) is 4.54. The first-order valence-corrected chi connectivity index (χ1v) is 4.66. The van der Waals surface area contributed by atoms with Gasteiger partial charge in [-0.3, -0.25) is 9.59 Å². The second kappa shape index (κ2) is 13.8. The topological polar surface area (TPSA) is 86.2 Å². The van der Waals surface area contributed by atoms with Gasteiger partial charge in [-0.05, 0) is 12.5 Å². The molecule has 0 rings (SSSR count). The van der Waals surface area contributed by atoms with E-state index in [0.717, 1.165) is 23.5 Å². The van der Waals surface area contributed by atoms with E-state index in [1.807, 2.05) is 0 Å². The van der Waals surface area contributed by atoms with E-state index in [0.29, 0.717) is 0 Å². The van der Waals surface area contributed by atoms with Crippen LogP contribution in [0.3, 0.4) is 0 Å². The van der Waals surface area contributed by atoms with Gasteiger partial charge < -0.3 is 11.5 Å². The Kier molecular flexibility index (Phi) is 22.8. The molecular weight excluding hydrogens is 211 g/mol. The molecule has 0 bridgehead atoms. The van der Waals surface area contributed by atoms with Gasteiger partial charge in [-0.25, -0.2) is 0 Å². The summed E-state index contributed by atoms with van der Waals surface area (Å²) < 4.78 is 0. The van der Waals surface area contributed by atoms with Gasteiger partial charge in [0.25, 0.3) is 10.5 Å². The SMILES string of the molecule is CSC(N)=O.CSC(N)=O.[K+]. The smallest absolute Gasteiger partial charge is 0.361 e. The third-order valence-electron chi connectivity index (χ3n) is 0.402. The van der Waals surface area contributed by atoms with E-state index < -0.39 is 0 Å². The summed E-state index contributed by atoms with van der Waals surface area (Å²) in [7, 11) is 0. The van der Waals surface area contributed by atoms with Crippen LogP contribution in [0, 0.1) is 0 Å². The number of carbonyl (C=O) groups excluding carboxylic acids is 2. The molecule has 11 heavy (non-hydrogen) atoms. The number of hydrogen-bond acceptors (Lipinski definition) is 4. The first kappa shape index (κ1) is 18.1. The molecule has 4 N–H and O–H groups in total. The van der Waals surface area contributed by atoms with Crippen molar-refractivity contribution in [3.63, 3.8) is 0 Å². The molecule has 0 aromatic heterocycles. The maximum atomic E-state index is 9.55. The largest absolute Gasteiger partial charge is 1.00 e. The van der Waals surface area contributed by atoms with Crippen molar-refractivity contribution < 1.29 is 61.0 Å². The summed E-state index contributed by atoms with van der Waals surface area (Å²) in [5, 5.41) is -0.657. The summed E-state index contributed by atoms with van der Waals surface area (Å²) >= 11 is 2.04. The Morgan fingerprint density at radius 3 is 1.09 bits per heavy atom. The Morgan fingerprint density at radius 2 is 1.09 bits per heavy atom. The Labute approximate surface area is 117 Å². The molecule has 0 unspecified atom stereocenters. The molecule has 0 aliphatic carbocycles. The zero-order valence-electron chi connectivity index (χ0n) is 6.79. The van der Waals surface area contributed by atoms with Crippen molar-refractivity contribution in [3.8, 4) is 0 Å². The molecule has 4 nitrogen and oxygen atoms in total. The van der Waals surface area contributed by atoms with Crippen LogP contribution in [-0.4, -0.2) is 23.0 Å². The Hall–Kier alpha value is 1.28. The standard InChI is InChI=1S/2C2H5NOS.K/c2*1-5-2(3)4;/h2*1H3,(H2,3,4);/q;;+1. The van der Waals surface area contributed by atoms with E-state index in [2.05, 4.69) is 11.5 Å². The summed E-state index contributed by atoms with van der Waals surface area (Å²) in [5.74, 6) is 0. The molecule has 0 aromatic rings. The van der Waals surface area contributed by atoms with E-state index >= 15 is 0 Å². The molecule has 0 aromatic carbocycles. The number of amides is 2. The van der Waals surface area contributed by atoms with Crippen molar-refractivity contribution in [3.05, 3.63) is 0 Å². The minimum Gasteiger partial charge on any atom is -0.361 e. The number of rotatable bonds is 0. The van der Waals surface area contributed by atoms with Gasteiger partial charge in [0.05, 0.1) is 0 Å². The molecule has 0 spiro atoms. The van der Waals surface area contributed by atoms with E-state index in [1.54, 1.807) is 12.5 Å². The van der Waals surface area contributed by atoms with Gasteiger partial charge in [-0.15, -0.1) is 0 Å². The summed E-state index contributed by atoms with van der Waals surface area (Å²) in [5.41, 5.74) is 9.23. The third-order valence-corrected chi connectivity index (χ3v) is 1.21. The van der Waals surface area contributed by atoms with Crippen LogP contribution in [0.15, 0.2) is 0 Å². The fourth-order valence-corrected chi connectivity index (χ4v) is 0. The van der Waals surface area contributed by atoms with Crippen LogP contribution in [0.1, 0.15) is 0 Å². The molecular formula is C4H10KN2O2S2+. The van der Waals surface area contributed by atoms with E-state index in [1.165, 1.54) is 0 Å². The zero-order chi connectivity index (χ0) is 8.57. The molecule has 0 radical (unpaired) electrons. The fourth-order valence-electron chi connectivity index (χ4n) is 0. The van der Waals surface area contributed by atoms with Crippen LogP contribution in [0.25, 0.3) is 0 Å². The third kappa shape index (κ3) is 34.9. The minimum atomic E-state index is -0.329. The molecule has 60 valence electrons. The maximum absolute atomic E-state index is 9.55.